The number of methoxy groups -OCH3 is 3. The van der Waals surface area contributed by atoms with Crippen LogP contribution in [0, 0.1) is 10.1 Å². The maximum absolute atomic E-state index is 13.7. The molecule has 0 radical (unpaired) electrons. The Bertz CT molecular complexity index is 1530. The number of benzene rings is 3. The van der Waals surface area contributed by atoms with Gasteiger partial charge in [-0.15, -0.1) is 0 Å². The summed E-state index contributed by atoms with van der Waals surface area (Å²) in [5, 5.41) is 11.8. The third-order valence-electron chi connectivity index (χ3n) is 6.61. The first kappa shape index (κ1) is 26.3. The number of hydrogen-bond acceptors (Lipinski definition) is 8. The van der Waals surface area contributed by atoms with Crippen molar-refractivity contribution in [1.29, 1.82) is 0 Å². The predicted molar refractivity (Wildman–Crippen MR) is 140 cm³/mol. The summed E-state index contributed by atoms with van der Waals surface area (Å²) in [7, 11) is 4.29. The Morgan fingerprint density at radius 3 is 1.90 bits per heavy atom. The van der Waals surface area contributed by atoms with Gasteiger partial charge in [-0.25, -0.2) is 0 Å². The molecule has 0 spiro atoms. The normalized spacial score (nSPS) is 18.1. The molecule has 0 aromatic heterocycles. The Hall–Kier alpha value is -4.35. The number of nitro groups is 1. The van der Waals surface area contributed by atoms with Crippen molar-refractivity contribution in [2.75, 3.05) is 26.2 Å². The van der Waals surface area contributed by atoms with E-state index in [2.05, 4.69) is 0 Å². The summed E-state index contributed by atoms with van der Waals surface area (Å²) in [5.41, 5.74) is 0.238. The maximum Gasteiger partial charge on any atom is 0.270 e. The molecule has 200 valence electrons. The van der Waals surface area contributed by atoms with Gasteiger partial charge in [0.2, 0.25) is 5.75 Å². The third kappa shape index (κ3) is 4.10. The molecule has 3 aromatic carbocycles. The molecule has 11 nitrogen and oxygen atoms in total. The van der Waals surface area contributed by atoms with Crippen molar-refractivity contribution in [2.24, 2.45) is 0 Å². The fraction of sp³-hybridized carbons (Fsp3) is 0.192. The Kier molecular flexibility index (Phi) is 6.57. The molecule has 0 unspecified atom stereocenters. The van der Waals surface area contributed by atoms with E-state index in [1.807, 2.05) is 0 Å². The van der Waals surface area contributed by atoms with Crippen LogP contribution >= 0.6 is 23.2 Å². The van der Waals surface area contributed by atoms with Gasteiger partial charge in [-0.1, -0.05) is 23.2 Å². The van der Waals surface area contributed by atoms with Crippen LogP contribution < -0.4 is 19.1 Å². The lowest BCUT2D eigenvalue weighted by Gasteiger charge is -2.50. The SMILES string of the molecule is COc1cc([C@@H]2[C@H](N3C(=O)c4ccc([N+](=O)[O-])cc4C3=O)C(=O)N2c2cc(Cl)cc(Cl)c2)cc(OC)c1OC. The number of non-ortho nitro benzene ring substituents is 1. The molecule has 2 heterocycles. The molecule has 5 rings (SSSR count). The number of nitro benzene ring substituents is 1. The molecule has 1 saturated heterocycles. The Labute approximate surface area is 231 Å². The highest BCUT2D eigenvalue weighted by atomic mass is 35.5. The number of carbonyl (C=O) groups is 3. The van der Waals surface area contributed by atoms with Gasteiger partial charge in [-0.2, -0.15) is 0 Å². The lowest BCUT2D eigenvalue weighted by molar-refractivity contribution is -0.384. The first-order valence-electron chi connectivity index (χ1n) is 11.4. The summed E-state index contributed by atoms with van der Waals surface area (Å²) in [5.74, 6) is -1.28. The van der Waals surface area contributed by atoms with Crippen LogP contribution in [-0.2, 0) is 4.79 Å². The van der Waals surface area contributed by atoms with E-state index in [1.165, 1.54) is 50.5 Å². The van der Waals surface area contributed by atoms with E-state index in [1.54, 1.807) is 12.1 Å². The molecule has 0 N–H and O–H groups in total. The highest BCUT2D eigenvalue weighted by Gasteiger charge is 2.58. The zero-order valence-electron chi connectivity index (χ0n) is 20.6. The van der Waals surface area contributed by atoms with Crippen LogP contribution in [0.2, 0.25) is 10.0 Å². The number of carbonyl (C=O) groups excluding carboxylic acids is 3. The Morgan fingerprint density at radius 1 is 0.769 bits per heavy atom. The van der Waals surface area contributed by atoms with Crippen LogP contribution in [0.3, 0.4) is 0 Å². The van der Waals surface area contributed by atoms with Gasteiger partial charge in [0.15, 0.2) is 11.5 Å². The minimum absolute atomic E-state index is 0.0358. The molecule has 13 heteroatoms. The van der Waals surface area contributed by atoms with Crippen LogP contribution in [0.5, 0.6) is 17.2 Å². The monoisotopic (exact) mass is 571 g/mol. The molecule has 3 aromatic rings. The van der Waals surface area contributed by atoms with Crippen molar-refractivity contribution in [1.82, 2.24) is 4.90 Å². The zero-order chi connectivity index (χ0) is 28.2. The number of β-lactam (4-membered cyclic amide) rings is 1. The van der Waals surface area contributed by atoms with Gasteiger partial charge in [-0.3, -0.25) is 29.4 Å². The summed E-state index contributed by atoms with van der Waals surface area (Å²) in [6, 6.07) is 8.92. The maximum atomic E-state index is 13.7. The van der Waals surface area contributed by atoms with Gasteiger partial charge in [0, 0.05) is 27.9 Å². The van der Waals surface area contributed by atoms with Gasteiger partial charge in [0.05, 0.1) is 43.4 Å². The van der Waals surface area contributed by atoms with Gasteiger partial charge >= 0.3 is 0 Å². The van der Waals surface area contributed by atoms with Gasteiger partial charge in [0.1, 0.15) is 6.04 Å². The number of amides is 3. The molecule has 3 amide bonds. The molecule has 0 bridgehead atoms. The molecular formula is C26H19Cl2N3O8. The average molecular weight is 572 g/mol. The molecule has 0 aliphatic carbocycles. The van der Waals surface area contributed by atoms with Crippen LogP contribution in [0.25, 0.3) is 0 Å². The predicted octanol–water partition coefficient (Wildman–Crippen LogP) is 4.68. The van der Waals surface area contributed by atoms with E-state index in [4.69, 9.17) is 37.4 Å². The largest absolute Gasteiger partial charge is 0.493 e. The smallest absolute Gasteiger partial charge is 0.270 e. The van der Waals surface area contributed by atoms with Crippen LogP contribution in [-0.4, -0.2) is 54.9 Å². The lowest BCUT2D eigenvalue weighted by Crippen LogP contribution is -2.67. The fourth-order valence-corrected chi connectivity index (χ4v) is 5.42. The molecule has 39 heavy (non-hydrogen) atoms. The molecule has 0 saturated carbocycles. The van der Waals surface area contributed by atoms with E-state index in [0.29, 0.717) is 17.0 Å². The number of nitrogens with zero attached hydrogens (tertiary/aromatic N) is 3. The summed E-state index contributed by atoms with van der Waals surface area (Å²) in [6.07, 6.45) is 0. The van der Waals surface area contributed by atoms with Crippen LogP contribution in [0.4, 0.5) is 11.4 Å². The molecular weight excluding hydrogens is 553 g/mol. The van der Waals surface area contributed by atoms with Crippen molar-refractivity contribution in [3.05, 3.63) is 85.4 Å². The standard InChI is InChI=1S/C26H19Cl2N3O8/c1-37-19-6-12(7-20(38-2)23(19)39-3)21-22(26(34)29(21)16-9-13(27)8-14(28)10-16)30-24(32)17-5-4-15(31(35)36)11-18(17)25(30)33/h4-11,21-22H,1-3H3/t21-,22+/m1/s1. The van der Waals surface area contributed by atoms with Crippen molar-refractivity contribution >= 4 is 52.3 Å². The minimum Gasteiger partial charge on any atom is -0.493 e. The number of hydrogen-bond donors (Lipinski definition) is 0. The second-order valence-corrected chi connectivity index (χ2v) is 9.52. The number of fused-ring (bicyclic) bond motifs is 1. The van der Waals surface area contributed by atoms with Crippen molar-refractivity contribution in [2.45, 2.75) is 12.1 Å². The minimum atomic E-state index is -1.29. The van der Waals surface area contributed by atoms with Crippen LogP contribution in [0.15, 0.2) is 48.5 Å². The molecule has 1 fully saturated rings. The Morgan fingerprint density at radius 2 is 1.36 bits per heavy atom. The molecule has 2 aliphatic heterocycles. The lowest BCUT2D eigenvalue weighted by atomic mass is 9.86. The van der Waals surface area contributed by atoms with Gasteiger partial charge < -0.3 is 19.1 Å². The molecule has 2 atom stereocenters. The van der Waals surface area contributed by atoms with Crippen molar-refractivity contribution in [3.8, 4) is 17.2 Å². The van der Waals surface area contributed by atoms with Gasteiger partial charge in [0.25, 0.3) is 23.4 Å². The first-order chi connectivity index (χ1) is 18.6. The summed E-state index contributed by atoms with van der Waals surface area (Å²) >= 11 is 12.4. The third-order valence-corrected chi connectivity index (χ3v) is 7.05. The second kappa shape index (κ2) is 9.75. The number of ether oxygens (including phenoxy) is 3. The van der Waals surface area contributed by atoms with E-state index < -0.39 is 34.7 Å². The van der Waals surface area contributed by atoms with Crippen molar-refractivity contribution < 1.29 is 33.5 Å². The first-order valence-corrected chi connectivity index (χ1v) is 12.1. The van der Waals surface area contributed by atoms with E-state index in [9.17, 15) is 24.5 Å². The highest BCUT2D eigenvalue weighted by Crippen LogP contribution is 2.49. The zero-order valence-corrected chi connectivity index (χ0v) is 22.1. The average Bonchev–Trinajstić information content (AvgIpc) is 3.14. The highest BCUT2D eigenvalue weighted by molar-refractivity contribution is 6.35. The van der Waals surface area contributed by atoms with E-state index >= 15 is 0 Å². The number of halogens is 2. The van der Waals surface area contributed by atoms with E-state index in [-0.39, 0.29) is 38.4 Å². The number of rotatable bonds is 7. The second-order valence-electron chi connectivity index (χ2n) is 8.65. The number of anilines is 1. The van der Waals surface area contributed by atoms with Crippen LogP contribution in [0.1, 0.15) is 32.3 Å². The summed E-state index contributed by atoms with van der Waals surface area (Å²) in [6.45, 7) is 0. The quantitative estimate of drug-likeness (QED) is 0.173. The summed E-state index contributed by atoms with van der Waals surface area (Å²) in [4.78, 5) is 53.3. The topological polar surface area (TPSA) is 129 Å². The Balaban J connectivity index is 1.66. The fourth-order valence-electron chi connectivity index (χ4n) is 4.91. The number of imide groups is 1. The van der Waals surface area contributed by atoms with E-state index in [0.717, 1.165) is 17.0 Å². The molecule has 2 aliphatic rings. The van der Waals surface area contributed by atoms with Crippen molar-refractivity contribution in [3.63, 3.8) is 0 Å². The van der Waals surface area contributed by atoms with Gasteiger partial charge in [-0.05, 0) is 42.0 Å². The summed E-state index contributed by atoms with van der Waals surface area (Å²) < 4.78 is 16.3.